The number of ether oxygens (including phenoxy) is 3. The second kappa shape index (κ2) is 7.91. The van der Waals surface area contributed by atoms with Gasteiger partial charge in [0.1, 0.15) is 24.6 Å². The van der Waals surface area contributed by atoms with Gasteiger partial charge in [-0.2, -0.15) is 0 Å². The van der Waals surface area contributed by atoms with Gasteiger partial charge < -0.3 is 29.5 Å². The number of carbonyl (C=O) groups is 2. The molecule has 130 valence electrons. The zero-order chi connectivity index (χ0) is 17.7. The minimum atomic E-state index is -1.71. The number of cyclic esters (lactones) is 1. The molecular formula is C16H18O8. The lowest BCUT2D eigenvalue weighted by molar-refractivity contribution is -0.154. The van der Waals surface area contributed by atoms with Gasteiger partial charge in [0.05, 0.1) is 7.11 Å². The fourth-order valence-corrected chi connectivity index (χ4v) is 2.09. The molecule has 1 heterocycles. The molecule has 2 rings (SSSR count). The molecule has 0 saturated carbocycles. The highest BCUT2D eigenvalue weighted by Crippen LogP contribution is 2.19. The number of aliphatic hydroxyl groups excluding tert-OH is 3. The molecule has 0 bridgehead atoms. The van der Waals surface area contributed by atoms with Crippen molar-refractivity contribution in [2.75, 3.05) is 13.7 Å². The highest BCUT2D eigenvalue weighted by atomic mass is 16.6. The van der Waals surface area contributed by atoms with E-state index in [1.54, 1.807) is 31.4 Å². The van der Waals surface area contributed by atoms with Gasteiger partial charge >= 0.3 is 11.9 Å². The molecule has 0 spiro atoms. The smallest absolute Gasteiger partial charge is 0.338 e. The molecule has 3 N–H and O–H groups in total. The van der Waals surface area contributed by atoms with Crippen LogP contribution in [0.2, 0.25) is 0 Å². The maximum Gasteiger partial charge on any atom is 0.338 e. The van der Waals surface area contributed by atoms with E-state index in [1.165, 1.54) is 12.2 Å². The molecule has 1 saturated heterocycles. The Balaban J connectivity index is 1.82. The Kier molecular flexibility index (Phi) is 5.91. The van der Waals surface area contributed by atoms with Crippen LogP contribution in [0.25, 0.3) is 6.08 Å². The number of benzene rings is 1. The van der Waals surface area contributed by atoms with Crippen molar-refractivity contribution in [2.24, 2.45) is 0 Å². The Hall–Kier alpha value is -2.42. The average molecular weight is 338 g/mol. The van der Waals surface area contributed by atoms with Crippen molar-refractivity contribution >= 4 is 18.0 Å². The predicted octanol–water partition coefficient (Wildman–Crippen LogP) is -0.740. The van der Waals surface area contributed by atoms with Gasteiger partial charge in [-0.3, -0.25) is 0 Å². The number of carbonyl (C=O) groups excluding carboxylic acids is 2. The molecule has 0 amide bonds. The maximum atomic E-state index is 11.6. The van der Waals surface area contributed by atoms with Gasteiger partial charge in [-0.25, -0.2) is 9.59 Å². The molecule has 0 aliphatic carbocycles. The summed E-state index contributed by atoms with van der Waals surface area (Å²) in [7, 11) is 1.55. The monoisotopic (exact) mass is 338 g/mol. The molecule has 0 aromatic heterocycles. The molecule has 8 nitrogen and oxygen atoms in total. The van der Waals surface area contributed by atoms with Crippen molar-refractivity contribution in [1.29, 1.82) is 0 Å². The first-order chi connectivity index (χ1) is 11.4. The topological polar surface area (TPSA) is 123 Å². The summed E-state index contributed by atoms with van der Waals surface area (Å²) in [5.41, 5.74) is 0.747. The Morgan fingerprint density at radius 2 is 2.00 bits per heavy atom. The van der Waals surface area contributed by atoms with E-state index in [0.29, 0.717) is 5.75 Å². The van der Waals surface area contributed by atoms with Crippen LogP contribution in [0.4, 0.5) is 0 Å². The van der Waals surface area contributed by atoms with Gasteiger partial charge in [-0.15, -0.1) is 0 Å². The van der Waals surface area contributed by atoms with Crippen molar-refractivity contribution in [3.05, 3.63) is 35.9 Å². The molecule has 0 radical (unpaired) electrons. The van der Waals surface area contributed by atoms with E-state index < -0.39 is 43.0 Å². The van der Waals surface area contributed by atoms with Crippen LogP contribution < -0.4 is 4.74 Å². The van der Waals surface area contributed by atoms with Gasteiger partial charge in [0.25, 0.3) is 0 Å². The lowest BCUT2D eigenvalue weighted by atomic mass is 10.1. The first-order valence-electron chi connectivity index (χ1n) is 7.16. The van der Waals surface area contributed by atoms with Crippen molar-refractivity contribution in [3.63, 3.8) is 0 Å². The number of hydrogen-bond donors (Lipinski definition) is 3. The van der Waals surface area contributed by atoms with Crippen molar-refractivity contribution in [3.8, 4) is 5.75 Å². The predicted molar refractivity (Wildman–Crippen MR) is 80.9 cm³/mol. The van der Waals surface area contributed by atoms with Gasteiger partial charge in [0, 0.05) is 6.08 Å². The minimum Gasteiger partial charge on any atom is -0.497 e. The van der Waals surface area contributed by atoms with Gasteiger partial charge in [0.2, 0.25) is 0 Å². The van der Waals surface area contributed by atoms with Crippen molar-refractivity contribution in [2.45, 2.75) is 24.4 Å². The summed E-state index contributed by atoms with van der Waals surface area (Å²) in [6.45, 7) is -0.493. The molecule has 1 fully saturated rings. The zero-order valence-electron chi connectivity index (χ0n) is 12.9. The lowest BCUT2D eigenvalue weighted by Crippen LogP contribution is -2.41. The van der Waals surface area contributed by atoms with E-state index in [2.05, 4.69) is 4.74 Å². The van der Waals surface area contributed by atoms with E-state index in [9.17, 15) is 24.9 Å². The van der Waals surface area contributed by atoms with E-state index in [4.69, 9.17) is 9.47 Å². The molecular weight excluding hydrogens is 320 g/mol. The average Bonchev–Trinajstić information content (AvgIpc) is 2.85. The second-order valence-electron chi connectivity index (χ2n) is 5.14. The van der Waals surface area contributed by atoms with Crippen LogP contribution in [-0.2, 0) is 19.1 Å². The van der Waals surface area contributed by atoms with Crippen LogP contribution >= 0.6 is 0 Å². The van der Waals surface area contributed by atoms with Gasteiger partial charge in [-0.05, 0) is 23.8 Å². The minimum absolute atomic E-state index is 0.493. The van der Waals surface area contributed by atoms with Crippen LogP contribution in [0.1, 0.15) is 5.56 Å². The highest BCUT2D eigenvalue weighted by molar-refractivity contribution is 5.87. The van der Waals surface area contributed by atoms with Crippen LogP contribution in [0.3, 0.4) is 0 Å². The summed E-state index contributed by atoms with van der Waals surface area (Å²) in [6, 6.07) is 6.95. The second-order valence-corrected chi connectivity index (χ2v) is 5.14. The third kappa shape index (κ3) is 4.31. The Labute approximate surface area is 137 Å². The molecule has 1 aliphatic heterocycles. The zero-order valence-corrected chi connectivity index (χ0v) is 12.9. The van der Waals surface area contributed by atoms with Gasteiger partial charge in [-0.1, -0.05) is 12.1 Å². The Morgan fingerprint density at radius 1 is 1.33 bits per heavy atom. The van der Waals surface area contributed by atoms with E-state index >= 15 is 0 Å². The fourth-order valence-electron chi connectivity index (χ4n) is 2.09. The quantitative estimate of drug-likeness (QED) is 0.458. The van der Waals surface area contributed by atoms with E-state index in [1.807, 2.05) is 0 Å². The maximum absolute atomic E-state index is 11.6. The summed E-state index contributed by atoms with van der Waals surface area (Å²) in [5, 5.41) is 28.6. The number of aliphatic hydroxyl groups is 3. The summed E-state index contributed by atoms with van der Waals surface area (Å²) in [6.07, 6.45) is -3.38. The summed E-state index contributed by atoms with van der Waals surface area (Å²) >= 11 is 0. The number of rotatable bonds is 6. The standard InChI is InChI=1S/C16H18O8/c1-22-10-5-2-9(3-6-10)4-7-12(18)23-8-11(17)15-13(19)14(20)16(21)24-15/h2-7,11,13-15,17,19-20H,8H2,1H3/b7-4+. The molecule has 8 heteroatoms. The normalized spacial score (nSPS) is 24.7. The lowest BCUT2D eigenvalue weighted by Gasteiger charge is -2.19. The molecule has 1 aliphatic rings. The SMILES string of the molecule is COc1ccc(/C=C/C(=O)OCC(O)C2OC(=O)C(O)C2O)cc1. The van der Waals surface area contributed by atoms with Crippen LogP contribution in [-0.4, -0.2) is 65.4 Å². The number of hydrogen-bond acceptors (Lipinski definition) is 8. The Bertz CT molecular complexity index is 609. The van der Waals surface area contributed by atoms with Gasteiger partial charge in [0.15, 0.2) is 12.2 Å². The van der Waals surface area contributed by atoms with Crippen LogP contribution in [0.5, 0.6) is 5.75 Å². The first kappa shape index (κ1) is 17.9. The third-order valence-corrected chi connectivity index (χ3v) is 3.46. The molecule has 1 aromatic carbocycles. The molecule has 1 aromatic rings. The van der Waals surface area contributed by atoms with E-state index in [0.717, 1.165) is 5.56 Å². The van der Waals surface area contributed by atoms with Crippen molar-refractivity contribution in [1.82, 2.24) is 0 Å². The first-order valence-corrected chi connectivity index (χ1v) is 7.16. The molecule has 24 heavy (non-hydrogen) atoms. The summed E-state index contributed by atoms with van der Waals surface area (Å²) < 4.78 is 14.5. The number of methoxy groups -OCH3 is 1. The largest absolute Gasteiger partial charge is 0.497 e. The highest BCUT2D eigenvalue weighted by Gasteiger charge is 2.46. The fraction of sp³-hybridized carbons (Fsp3) is 0.375. The van der Waals surface area contributed by atoms with Crippen LogP contribution in [0.15, 0.2) is 30.3 Å². The van der Waals surface area contributed by atoms with E-state index in [-0.39, 0.29) is 0 Å². The third-order valence-electron chi connectivity index (χ3n) is 3.46. The molecule has 4 atom stereocenters. The summed E-state index contributed by atoms with van der Waals surface area (Å²) in [5.74, 6) is -1.06. The Morgan fingerprint density at radius 3 is 2.54 bits per heavy atom. The molecule has 4 unspecified atom stereocenters. The van der Waals surface area contributed by atoms with Crippen molar-refractivity contribution < 1.29 is 39.1 Å². The van der Waals surface area contributed by atoms with Crippen LogP contribution in [0, 0.1) is 0 Å². The summed E-state index contributed by atoms with van der Waals surface area (Å²) in [4.78, 5) is 22.7. The number of esters is 2.